The summed E-state index contributed by atoms with van der Waals surface area (Å²) in [6, 6.07) is 9.91. The summed E-state index contributed by atoms with van der Waals surface area (Å²) in [5.41, 5.74) is 4.59. The van der Waals surface area contributed by atoms with Crippen LogP contribution in [0.4, 0.5) is 0 Å². The molecule has 1 rings (SSSR count). The van der Waals surface area contributed by atoms with Crippen molar-refractivity contribution in [2.45, 2.75) is 39.5 Å². The Hall–Kier alpha value is -1.64. The van der Waals surface area contributed by atoms with Crippen molar-refractivity contribution in [2.75, 3.05) is 0 Å². The van der Waals surface area contributed by atoms with Crippen LogP contribution in [0, 0.1) is 0 Å². The molecule has 92 valence electrons. The van der Waals surface area contributed by atoms with Gasteiger partial charge in [0, 0.05) is 6.42 Å². The maximum absolute atomic E-state index is 11.4. The number of hydrogen-bond acceptors (Lipinski definition) is 2. The van der Waals surface area contributed by atoms with Crippen molar-refractivity contribution in [2.24, 2.45) is 5.10 Å². The van der Waals surface area contributed by atoms with E-state index >= 15 is 0 Å². The highest BCUT2D eigenvalue weighted by atomic mass is 16.2. The lowest BCUT2D eigenvalue weighted by Gasteiger charge is -2.04. The van der Waals surface area contributed by atoms with Gasteiger partial charge in [-0.05, 0) is 18.4 Å². The van der Waals surface area contributed by atoms with Crippen LogP contribution in [0.15, 0.2) is 35.4 Å². The third-order valence-corrected chi connectivity index (χ3v) is 2.51. The first kappa shape index (κ1) is 13.4. The monoisotopic (exact) mass is 232 g/mol. The summed E-state index contributed by atoms with van der Waals surface area (Å²) in [5, 5.41) is 4.18. The van der Waals surface area contributed by atoms with E-state index in [1.165, 1.54) is 0 Å². The molecule has 1 aromatic carbocycles. The molecule has 0 atom stereocenters. The lowest BCUT2D eigenvalue weighted by Crippen LogP contribution is -2.19. The Morgan fingerprint density at radius 2 is 1.94 bits per heavy atom. The van der Waals surface area contributed by atoms with E-state index < -0.39 is 0 Å². The Kier molecular flexibility index (Phi) is 6.00. The number of rotatable bonds is 6. The van der Waals surface area contributed by atoms with Crippen LogP contribution >= 0.6 is 0 Å². The van der Waals surface area contributed by atoms with E-state index in [2.05, 4.69) is 17.5 Å². The molecular formula is C14H20N2O. The molecule has 0 aliphatic heterocycles. The number of nitrogens with zero attached hydrogens (tertiary/aromatic N) is 1. The second kappa shape index (κ2) is 7.60. The summed E-state index contributed by atoms with van der Waals surface area (Å²) < 4.78 is 0. The average molecular weight is 232 g/mol. The zero-order valence-electron chi connectivity index (χ0n) is 10.6. The molecule has 0 heterocycles. The van der Waals surface area contributed by atoms with Gasteiger partial charge >= 0.3 is 0 Å². The molecule has 0 saturated carbocycles. The van der Waals surface area contributed by atoms with Crippen LogP contribution in [0.5, 0.6) is 0 Å². The van der Waals surface area contributed by atoms with Crippen molar-refractivity contribution < 1.29 is 4.79 Å². The van der Waals surface area contributed by atoms with Gasteiger partial charge in [0.1, 0.15) is 0 Å². The fourth-order valence-corrected chi connectivity index (χ4v) is 1.50. The van der Waals surface area contributed by atoms with Crippen LogP contribution in [0.3, 0.4) is 0 Å². The summed E-state index contributed by atoms with van der Waals surface area (Å²) >= 11 is 0. The van der Waals surface area contributed by atoms with Gasteiger partial charge < -0.3 is 0 Å². The normalized spacial score (nSPS) is 11.3. The molecular weight excluding hydrogens is 212 g/mol. The lowest BCUT2D eigenvalue weighted by molar-refractivity contribution is -0.121. The zero-order chi connectivity index (χ0) is 12.5. The molecule has 0 radical (unpaired) electrons. The smallest absolute Gasteiger partial charge is 0.240 e. The maximum atomic E-state index is 11.4. The Balaban J connectivity index is 2.59. The molecule has 0 aliphatic carbocycles. The number of carbonyl (C=O) groups is 1. The van der Waals surface area contributed by atoms with Crippen LogP contribution in [-0.2, 0) is 4.79 Å². The average Bonchev–Trinajstić information content (AvgIpc) is 2.38. The first-order valence-corrected chi connectivity index (χ1v) is 6.18. The first-order valence-electron chi connectivity index (χ1n) is 6.18. The highest BCUT2D eigenvalue weighted by molar-refractivity contribution is 6.00. The molecule has 1 N–H and O–H groups in total. The van der Waals surface area contributed by atoms with Crippen LogP contribution in [0.25, 0.3) is 0 Å². The number of benzene rings is 1. The van der Waals surface area contributed by atoms with Gasteiger partial charge in [-0.25, -0.2) is 5.43 Å². The molecule has 0 fully saturated rings. The minimum Gasteiger partial charge on any atom is -0.273 e. The summed E-state index contributed by atoms with van der Waals surface area (Å²) in [6.45, 7) is 4.10. The summed E-state index contributed by atoms with van der Waals surface area (Å²) in [6.07, 6.45) is 3.29. The van der Waals surface area contributed by atoms with Crippen molar-refractivity contribution in [3.63, 3.8) is 0 Å². The van der Waals surface area contributed by atoms with Crippen LogP contribution in [0.2, 0.25) is 0 Å². The highest BCUT2D eigenvalue weighted by Crippen LogP contribution is 2.03. The minimum atomic E-state index is -0.00580. The Morgan fingerprint density at radius 3 is 2.53 bits per heavy atom. The molecule has 0 aliphatic rings. The fourth-order valence-electron chi connectivity index (χ4n) is 1.50. The van der Waals surface area contributed by atoms with E-state index in [0.29, 0.717) is 6.42 Å². The summed E-state index contributed by atoms with van der Waals surface area (Å²) in [5.74, 6) is -0.00580. The third-order valence-electron chi connectivity index (χ3n) is 2.51. The van der Waals surface area contributed by atoms with Crippen molar-refractivity contribution in [3.8, 4) is 0 Å². The predicted molar refractivity (Wildman–Crippen MR) is 70.9 cm³/mol. The van der Waals surface area contributed by atoms with Gasteiger partial charge in [-0.1, -0.05) is 50.6 Å². The van der Waals surface area contributed by atoms with Crippen LogP contribution in [-0.4, -0.2) is 11.6 Å². The van der Waals surface area contributed by atoms with Gasteiger partial charge in [0.2, 0.25) is 5.91 Å². The van der Waals surface area contributed by atoms with E-state index in [0.717, 1.165) is 30.5 Å². The molecule has 3 heteroatoms. The van der Waals surface area contributed by atoms with Crippen molar-refractivity contribution >= 4 is 11.6 Å². The van der Waals surface area contributed by atoms with Gasteiger partial charge in [0.25, 0.3) is 0 Å². The zero-order valence-corrected chi connectivity index (χ0v) is 10.6. The van der Waals surface area contributed by atoms with Gasteiger partial charge in [0.05, 0.1) is 5.71 Å². The number of unbranched alkanes of at least 4 members (excludes halogenated alkanes) is 1. The van der Waals surface area contributed by atoms with Crippen LogP contribution in [0.1, 0.15) is 45.1 Å². The molecule has 0 bridgehead atoms. The highest BCUT2D eigenvalue weighted by Gasteiger charge is 2.02. The minimum absolute atomic E-state index is 0.00580. The second-order valence-corrected chi connectivity index (χ2v) is 3.92. The van der Waals surface area contributed by atoms with Crippen molar-refractivity contribution in [1.29, 1.82) is 0 Å². The number of nitrogens with one attached hydrogen (secondary N) is 1. The summed E-state index contributed by atoms with van der Waals surface area (Å²) in [4.78, 5) is 11.4. The Labute approximate surface area is 103 Å². The van der Waals surface area contributed by atoms with Crippen LogP contribution < -0.4 is 5.43 Å². The van der Waals surface area contributed by atoms with E-state index in [9.17, 15) is 4.79 Å². The Bertz CT molecular complexity index is 371. The maximum Gasteiger partial charge on any atom is 0.240 e. The van der Waals surface area contributed by atoms with E-state index in [1.807, 2.05) is 37.3 Å². The number of carbonyl (C=O) groups excluding carboxylic acids is 1. The third kappa shape index (κ3) is 4.81. The number of hydrogen-bond donors (Lipinski definition) is 1. The van der Waals surface area contributed by atoms with Gasteiger partial charge in [-0.3, -0.25) is 4.79 Å². The number of amides is 1. The van der Waals surface area contributed by atoms with Gasteiger partial charge in [0.15, 0.2) is 0 Å². The predicted octanol–water partition coefficient (Wildman–Crippen LogP) is 3.11. The fraction of sp³-hybridized carbons (Fsp3) is 0.429. The van der Waals surface area contributed by atoms with E-state index in [4.69, 9.17) is 0 Å². The van der Waals surface area contributed by atoms with E-state index in [-0.39, 0.29) is 5.91 Å². The molecule has 1 amide bonds. The van der Waals surface area contributed by atoms with Crippen molar-refractivity contribution in [3.05, 3.63) is 35.9 Å². The Morgan fingerprint density at radius 1 is 1.24 bits per heavy atom. The largest absolute Gasteiger partial charge is 0.273 e. The molecule has 3 nitrogen and oxygen atoms in total. The molecule has 0 spiro atoms. The first-order chi connectivity index (χ1) is 8.27. The van der Waals surface area contributed by atoms with Crippen molar-refractivity contribution in [1.82, 2.24) is 5.43 Å². The molecule has 17 heavy (non-hydrogen) atoms. The second-order valence-electron chi connectivity index (χ2n) is 3.92. The standard InChI is InChI=1S/C14H20N2O/c1-3-5-11-14(17)16-15-13(4-2)12-9-7-6-8-10-12/h6-10H,3-5,11H2,1-2H3,(H,16,17)/b15-13+. The SMILES string of the molecule is CCCCC(=O)N/N=C(\CC)c1ccccc1. The molecule has 0 unspecified atom stereocenters. The molecule has 0 saturated heterocycles. The molecule has 1 aromatic rings. The number of hydrazone groups is 1. The quantitative estimate of drug-likeness (QED) is 0.594. The molecule has 0 aromatic heterocycles. The summed E-state index contributed by atoms with van der Waals surface area (Å²) in [7, 11) is 0. The lowest BCUT2D eigenvalue weighted by atomic mass is 10.1. The van der Waals surface area contributed by atoms with Gasteiger partial charge in [-0.15, -0.1) is 0 Å². The topological polar surface area (TPSA) is 41.5 Å². The van der Waals surface area contributed by atoms with Gasteiger partial charge in [-0.2, -0.15) is 5.10 Å². The van der Waals surface area contributed by atoms with E-state index in [1.54, 1.807) is 0 Å².